The Morgan fingerprint density at radius 2 is 1.32 bits per heavy atom. The van der Waals surface area contributed by atoms with Crippen LogP contribution in [0.1, 0.15) is 16.7 Å². The van der Waals surface area contributed by atoms with Gasteiger partial charge < -0.3 is 11.1 Å². The fraction of sp³-hybridized carbons (Fsp3) is 0.130. The molecule has 0 radical (unpaired) electrons. The van der Waals surface area contributed by atoms with Crippen molar-refractivity contribution < 1.29 is 0 Å². The van der Waals surface area contributed by atoms with Crippen molar-refractivity contribution in [2.45, 2.75) is 20.4 Å². The molecule has 0 atom stereocenters. The van der Waals surface area contributed by atoms with Crippen molar-refractivity contribution in [2.75, 3.05) is 11.1 Å². The number of rotatable bonds is 3. The first-order valence-electron chi connectivity index (χ1n) is 8.63. The lowest BCUT2D eigenvalue weighted by atomic mass is 9.96. The zero-order valence-corrected chi connectivity index (χ0v) is 14.6. The Labute approximate surface area is 148 Å². The summed E-state index contributed by atoms with van der Waals surface area (Å²) in [6.07, 6.45) is 0. The molecule has 4 aromatic rings. The lowest BCUT2D eigenvalue weighted by Gasteiger charge is -2.15. The molecule has 4 aromatic carbocycles. The Morgan fingerprint density at radius 1 is 0.760 bits per heavy atom. The predicted octanol–water partition coefficient (Wildman–Crippen LogP) is 5.80. The molecule has 4 rings (SSSR count). The van der Waals surface area contributed by atoms with E-state index in [4.69, 9.17) is 5.73 Å². The Morgan fingerprint density at radius 3 is 1.96 bits per heavy atom. The second-order valence-corrected chi connectivity index (χ2v) is 6.67. The van der Waals surface area contributed by atoms with E-state index in [1.807, 2.05) is 6.07 Å². The summed E-state index contributed by atoms with van der Waals surface area (Å²) >= 11 is 0. The molecule has 0 bridgehead atoms. The van der Waals surface area contributed by atoms with E-state index in [0.717, 1.165) is 17.9 Å². The molecule has 0 saturated heterocycles. The van der Waals surface area contributed by atoms with E-state index in [1.165, 1.54) is 38.2 Å². The molecule has 0 aromatic heterocycles. The molecule has 0 unspecified atom stereocenters. The molecule has 0 aliphatic rings. The minimum atomic E-state index is 0.745. The summed E-state index contributed by atoms with van der Waals surface area (Å²) in [5.74, 6) is 0. The zero-order valence-electron chi connectivity index (χ0n) is 14.6. The van der Waals surface area contributed by atoms with Crippen LogP contribution in [0.5, 0.6) is 0 Å². The average molecular weight is 326 g/mol. The molecule has 2 heteroatoms. The van der Waals surface area contributed by atoms with Gasteiger partial charge in [-0.05, 0) is 70.3 Å². The molecular formula is C23H22N2. The minimum absolute atomic E-state index is 0.745. The van der Waals surface area contributed by atoms with Gasteiger partial charge in [-0.15, -0.1) is 0 Å². The second kappa shape index (κ2) is 6.14. The van der Waals surface area contributed by atoms with Crippen LogP contribution in [0.3, 0.4) is 0 Å². The van der Waals surface area contributed by atoms with Crippen LogP contribution in [0, 0.1) is 13.8 Å². The summed E-state index contributed by atoms with van der Waals surface area (Å²) in [5, 5.41) is 8.67. The Kier molecular flexibility index (Phi) is 3.81. The maximum absolute atomic E-state index is 6.22. The molecule has 0 amide bonds. The number of hydrogen-bond donors (Lipinski definition) is 2. The van der Waals surface area contributed by atoms with E-state index in [-0.39, 0.29) is 0 Å². The average Bonchev–Trinajstić information content (AvgIpc) is 2.62. The van der Waals surface area contributed by atoms with Gasteiger partial charge in [0.25, 0.3) is 0 Å². The highest BCUT2D eigenvalue weighted by Gasteiger charge is 2.09. The molecular weight excluding hydrogens is 304 g/mol. The highest BCUT2D eigenvalue weighted by Crippen LogP contribution is 2.30. The number of nitrogens with one attached hydrogen (secondary N) is 1. The van der Waals surface area contributed by atoms with Gasteiger partial charge in [0.2, 0.25) is 0 Å². The van der Waals surface area contributed by atoms with Crippen LogP contribution in [-0.4, -0.2) is 0 Å². The monoisotopic (exact) mass is 326 g/mol. The van der Waals surface area contributed by atoms with Crippen LogP contribution < -0.4 is 11.1 Å². The van der Waals surface area contributed by atoms with Crippen molar-refractivity contribution in [1.29, 1.82) is 0 Å². The summed E-state index contributed by atoms with van der Waals surface area (Å²) in [4.78, 5) is 0. The molecule has 124 valence electrons. The number of benzene rings is 4. The highest BCUT2D eigenvalue weighted by atomic mass is 14.9. The van der Waals surface area contributed by atoms with Gasteiger partial charge in [-0.1, -0.05) is 48.5 Å². The van der Waals surface area contributed by atoms with Gasteiger partial charge in [0.05, 0.1) is 11.4 Å². The largest absolute Gasteiger partial charge is 0.397 e. The number of nitrogen functional groups attached to an aromatic ring is 1. The predicted molar refractivity (Wildman–Crippen MR) is 109 cm³/mol. The van der Waals surface area contributed by atoms with Crippen LogP contribution >= 0.6 is 0 Å². The van der Waals surface area contributed by atoms with Gasteiger partial charge in [-0.2, -0.15) is 0 Å². The number of nitrogens with two attached hydrogens (primary N) is 1. The van der Waals surface area contributed by atoms with Gasteiger partial charge in [0, 0.05) is 6.54 Å². The van der Waals surface area contributed by atoms with Crippen molar-refractivity contribution >= 4 is 32.9 Å². The molecule has 0 aliphatic heterocycles. The summed E-state index contributed by atoms with van der Waals surface area (Å²) in [6.45, 7) is 4.95. The topological polar surface area (TPSA) is 38.0 Å². The van der Waals surface area contributed by atoms with Crippen molar-refractivity contribution in [2.24, 2.45) is 0 Å². The first kappa shape index (κ1) is 15.5. The first-order chi connectivity index (χ1) is 12.1. The molecule has 2 nitrogen and oxygen atoms in total. The summed E-state index contributed by atoms with van der Waals surface area (Å²) in [5.41, 5.74) is 11.8. The fourth-order valence-electron chi connectivity index (χ4n) is 3.47. The molecule has 0 spiro atoms. The van der Waals surface area contributed by atoms with E-state index in [0.29, 0.717) is 0 Å². The molecule has 0 saturated carbocycles. The Hall–Kier alpha value is -3.00. The van der Waals surface area contributed by atoms with Crippen LogP contribution in [0.2, 0.25) is 0 Å². The third-order valence-corrected chi connectivity index (χ3v) is 5.00. The lowest BCUT2D eigenvalue weighted by molar-refractivity contribution is 1.18. The molecule has 0 aliphatic carbocycles. The third-order valence-electron chi connectivity index (χ3n) is 5.00. The van der Waals surface area contributed by atoms with Gasteiger partial charge in [-0.3, -0.25) is 0 Å². The Balaban J connectivity index is 1.81. The standard InChI is InChI=1S/C23H22N2/c1-15-11-22(24)23(12-16(15)2)25-14-21-19-9-5-3-7-17(19)13-18-8-4-6-10-20(18)21/h3-13,25H,14,24H2,1-2H3. The number of aryl methyl sites for hydroxylation is 2. The molecule has 25 heavy (non-hydrogen) atoms. The SMILES string of the molecule is Cc1cc(N)c(NCc2c3ccccc3cc3ccccc23)cc1C. The highest BCUT2D eigenvalue weighted by molar-refractivity contribution is 6.02. The van der Waals surface area contributed by atoms with Gasteiger partial charge >= 0.3 is 0 Å². The van der Waals surface area contributed by atoms with Crippen molar-refractivity contribution in [3.63, 3.8) is 0 Å². The number of anilines is 2. The zero-order chi connectivity index (χ0) is 17.4. The van der Waals surface area contributed by atoms with E-state index >= 15 is 0 Å². The fourth-order valence-corrected chi connectivity index (χ4v) is 3.47. The third kappa shape index (κ3) is 2.80. The van der Waals surface area contributed by atoms with Crippen molar-refractivity contribution in [1.82, 2.24) is 0 Å². The summed E-state index contributed by atoms with van der Waals surface area (Å²) in [6, 6.07) is 23.6. The van der Waals surface area contributed by atoms with E-state index in [9.17, 15) is 0 Å². The van der Waals surface area contributed by atoms with Gasteiger partial charge in [0.15, 0.2) is 0 Å². The summed E-state index contributed by atoms with van der Waals surface area (Å²) in [7, 11) is 0. The van der Waals surface area contributed by atoms with Crippen LogP contribution in [0.4, 0.5) is 11.4 Å². The molecule has 3 N–H and O–H groups in total. The molecule has 0 fully saturated rings. The van der Waals surface area contributed by atoms with E-state index in [1.54, 1.807) is 0 Å². The van der Waals surface area contributed by atoms with Crippen LogP contribution in [0.15, 0.2) is 66.7 Å². The van der Waals surface area contributed by atoms with Crippen molar-refractivity contribution in [3.05, 3.63) is 83.4 Å². The van der Waals surface area contributed by atoms with E-state index < -0.39 is 0 Å². The van der Waals surface area contributed by atoms with Crippen LogP contribution in [0.25, 0.3) is 21.5 Å². The van der Waals surface area contributed by atoms with Gasteiger partial charge in [-0.25, -0.2) is 0 Å². The number of hydrogen-bond acceptors (Lipinski definition) is 2. The van der Waals surface area contributed by atoms with Gasteiger partial charge in [0.1, 0.15) is 0 Å². The van der Waals surface area contributed by atoms with Crippen molar-refractivity contribution in [3.8, 4) is 0 Å². The maximum atomic E-state index is 6.22. The summed E-state index contributed by atoms with van der Waals surface area (Å²) < 4.78 is 0. The second-order valence-electron chi connectivity index (χ2n) is 6.67. The molecule has 0 heterocycles. The Bertz CT molecular complexity index is 1030. The number of fused-ring (bicyclic) bond motifs is 2. The van der Waals surface area contributed by atoms with Crippen LogP contribution in [-0.2, 0) is 6.54 Å². The normalized spacial score (nSPS) is 11.1. The smallest absolute Gasteiger partial charge is 0.0579 e. The lowest BCUT2D eigenvalue weighted by Crippen LogP contribution is -2.04. The quantitative estimate of drug-likeness (QED) is 0.368. The maximum Gasteiger partial charge on any atom is 0.0579 e. The minimum Gasteiger partial charge on any atom is -0.397 e. The first-order valence-corrected chi connectivity index (χ1v) is 8.63. The van der Waals surface area contributed by atoms with E-state index in [2.05, 4.69) is 79.8 Å².